The molecule has 0 bridgehead atoms. The molecular formula is C20H18N6O6S. The maximum atomic E-state index is 12.3. The van der Waals surface area contributed by atoms with Gasteiger partial charge in [-0.2, -0.15) is 4.52 Å². The summed E-state index contributed by atoms with van der Waals surface area (Å²) >= 11 is 0. The molecule has 0 aliphatic heterocycles. The lowest BCUT2D eigenvalue weighted by molar-refractivity contribution is -0.384. The van der Waals surface area contributed by atoms with Gasteiger partial charge in [-0.25, -0.2) is 13.1 Å². The van der Waals surface area contributed by atoms with Crippen molar-refractivity contribution >= 4 is 21.4 Å². The normalized spacial score (nSPS) is 11.4. The molecule has 0 saturated heterocycles. The molecule has 170 valence electrons. The summed E-state index contributed by atoms with van der Waals surface area (Å²) in [5.74, 6) is 1.32. The summed E-state index contributed by atoms with van der Waals surface area (Å²) in [4.78, 5) is 10.0. The van der Waals surface area contributed by atoms with Crippen LogP contribution in [0.3, 0.4) is 0 Å². The summed E-state index contributed by atoms with van der Waals surface area (Å²) < 4.78 is 39.5. The fourth-order valence-corrected chi connectivity index (χ4v) is 4.02. The lowest BCUT2D eigenvalue weighted by Crippen LogP contribution is -2.28. The molecule has 12 nitrogen and oxygen atoms in total. The van der Waals surface area contributed by atoms with E-state index in [1.165, 1.54) is 16.6 Å². The molecule has 4 rings (SSSR count). The zero-order valence-electron chi connectivity index (χ0n) is 17.3. The van der Waals surface area contributed by atoms with Gasteiger partial charge in [-0.3, -0.25) is 10.1 Å². The molecule has 2 heterocycles. The standard InChI is InChI=1S/C20H18N6O6S/c1-31-17-5-3-2-4-16(17)20-23-22-18-10-11-19(24-25(18)20)32-13-12-21-33(29,30)15-8-6-14(7-9-15)26(27)28/h2-11,21H,12-13H2,1H3. The lowest BCUT2D eigenvalue weighted by Gasteiger charge is -2.09. The summed E-state index contributed by atoms with van der Waals surface area (Å²) in [6, 6.07) is 15.2. The fourth-order valence-electron chi connectivity index (χ4n) is 3.01. The number of rotatable bonds is 9. The van der Waals surface area contributed by atoms with E-state index < -0.39 is 14.9 Å². The van der Waals surface area contributed by atoms with E-state index in [9.17, 15) is 18.5 Å². The maximum Gasteiger partial charge on any atom is 0.269 e. The van der Waals surface area contributed by atoms with Crippen LogP contribution in [0.25, 0.3) is 17.0 Å². The molecular weight excluding hydrogens is 452 g/mol. The molecule has 0 atom stereocenters. The highest BCUT2D eigenvalue weighted by atomic mass is 32.2. The highest BCUT2D eigenvalue weighted by molar-refractivity contribution is 7.89. The third-order valence-electron chi connectivity index (χ3n) is 4.59. The van der Waals surface area contributed by atoms with Gasteiger partial charge in [0.2, 0.25) is 15.9 Å². The molecule has 0 amide bonds. The summed E-state index contributed by atoms with van der Waals surface area (Å²) in [5, 5.41) is 23.4. The molecule has 13 heteroatoms. The van der Waals surface area contributed by atoms with Crippen molar-refractivity contribution in [3.63, 3.8) is 0 Å². The van der Waals surface area contributed by atoms with E-state index in [1.807, 2.05) is 18.2 Å². The second-order valence-corrected chi connectivity index (χ2v) is 8.43. The minimum atomic E-state index is -3.85. The van der Waals surface area contributed by atoms with Crippen molar-refractivity contribution in [1.29, 1.82) is 0 Å². The van der Waals surface area contributed by atoms with Gasteiger partial charge < -0.3 is 9.47 Å². The molecule has 1 N–H and O–H groups in total. The van der Waals surface area contributed by atoms with Crippen LogP contribution in [0.15, 0.2) is 65.6 Å². The van der Waals surface area contributed by atoms with Gasteiger partial charge in [0.15, 0.2) is 11.5 Å². The van der Waals surface area contributed by atoms with Gasteiger partial charge in [-0.15, -0.1) is 15.3 Å². The number of aromatic nitrogens is 4. The number of sulfonamides is 1. The quantitative estimate of drug-likeness (QED) is 0.220. The van der Waals surface area contributed by atoms with E-state index >= 15 is 0 Å². The summed E-state index contributed by atoms with van der Waals surface area (Å²) in [6.45, 7) is -0.0442. The van der Waals surface area contributed by atoms with Gasteiger partial charge in [0.25, 0.3) is 5.69 Å². The van der Waals surface area contributed by atoms with Crippen molar-refractivity contribution in [2.75, 3.05) is 20.3 Å². The first-order chi connectivity index (χ1) is 15.9. The van der Waals surface area contributed by atoms with Crippen molar-refractivity contribution in [2.45, 2.75) is 4.90 Å². The smallest absolute Gasteiger partial charge is 0.269 e. The van der Waals surface area contributed by atoms with Crippen LogP contribution in [-0.4, -0.2) is 53.4 Å². The second kappa shape index (κ2) is 9.18. The Hall–Kier alpha value is -4.10. The maximum absolute atomic E-state index is 12.3. The number of nitro benzene ring substituents is 1. The van der Waals surface area contributed by atoms with Crippen LogP contribution >= 0.6 is 0 Å². The summed E-state index contributed by atoms with van der Waals surface area (Å²) in [5.41, 5.74) is 1.01. The molecule has 0 fully saturated rings. The first kappa shape index (κ1) is 22.1. The Balaban J connectivity index is 1.43. The first-order valence-electron chi connectivity index (χ1n) is 9.62. The van der Waals surface area contributed by atoms with Gasteiger partial charge >= 0.3 is 0 Å². The van der Waals surface area contributed by atoms with Crippen molar-refractivity contribution in [2.24, 2.45) is 0 Å². The Bertz CT molecular complexity index is 1400. The first-order valence-corrected chi connectivity index (χ1v) is 11.1. The fraction of sp³-hybridized carbons (Fsp3) is 0.150. The second-order valence-electron chi connectivity index (χ2n) is 6.66. The number of nitro groups is 1. The molecule has 0 aliphatic rings. The van der Waals surface area contributed by atoms with Gasteiger partial charge in [0.05, 0.1) is 22.5 Å². The number of benzene rings is 2. The minimum absolute atomic E-state index is 0.00314. The van der Waals surface area contributed by atoms with Gasteiger partial charge in [-0.05, 0) is 30.3 Å². The highest BCUT2D eigenvalue weighted by Crippen LogP contribution is 2.28. The van der Waals surface area contributed by atoms with Crippen LogP contribution in [0.2, 0.25) is 0 Å². The van der Waals surface area contributed by atoms with E-state index in [2.05, 4.69) is 20.0 Å². The van der Waals surface area contributed by atoms with Crippen LogP contribution in [-0.2, 0) is 10.0 Å². The van der Waals surface area contributed by atoms with Gasteiger partial charge in [0, 0.05) is 24.7 Å². The number of hydrogen-bond acceptors (Lipinski definition) is 9. The predicted octanol–water partition coefficient (Wildman–Crippen LogP) is 2.07. The van der Waals surface area contributed by atoms with E-state index in [0.29, 0.717) is 22.8 Å². The summed E-state index contributed by atoms with van der Waals surface area (Å²) in [7, 11) is -2.29. The van der Waals surface area contributed by atoms with Crippen LogP contribution < -0.4 is 14.2 Å². The molecule has 2 aromatic heterocycles. The van der Waals surface area contributed by atoms with Crippen LogP contribution in [0, 0.1) is 10.1 Å². The van der Waals surface area contributed by atoms with Crippen LogP contribution in [0.4, 0.5) is 5.69 Å². The van der Waals surface area contributed by atoms with E-state index in [-0.39, 0.29) is 29.6 Å². The zero-order chi connectivity index (χ0) is 23.4. The molecule has 33 heavy (non-hydrogen) atoms. The number of para-hydroxylation sites is 1. The zero-order valence-corrected chi connectivity index (χ0v) is 18.1. The topological polar surface area (TPSA) is 151 Å². The summed E-state index contributed by atoms with van der Waals surface area (Å²) in [6.07, 6.45) is 0. The lowest BCUT2D eigenvalue weighted by atomic mass is 10.2. The molecule has 0 unspecified atom stereocenters. The number of nitrogens with one attached hydrogen (secondary N) is 1. The van der Waals surface area contributed by atoms with E-state index in [1.54, 1.807) is 25.3 Å². The molecule has 0 radical (unpaired) electrons. The Morgan fingerprint density at radius 3 is 2.55 bits per heavy atom. The van der Waals surface area contributed by atoms with Gasteiger partial charge in [0.1, 0.15) is 12.4 Å². The number of fused-ring (bicyclic) bond motifs is 1. The number of nitrogens with zero attached hydrogens (tertiary/aromatic N) is 5. The van der Waals surface area contributed by atoms with Gasteiger partial charge in [-0.1, -0.05) is 12.1 Å². The third-order valence-corrected chi connectivity index (χ3v) is 6.07. The Morgan fingerprint density at radius 2 is 1.82 bits per heavy atom. The molecule has 2 aromatic carbocycles. The molecule has 4 aromatic rings. The number of methoxy groups -OCH3 is 1. The molecule has 0 spiro atoms. The van der Waals surface area contributed by atoms with Crippen LogP contribution in [0.1, 0.15) is 0 Å². The monoisotopic (exact) mass is 470 g/mol. The van der Waals surface area contributed by atoms with E-state index in [4.69, 9.17) is 9.47 Å². The van der Waals surface area contributed by atoms with Crippen molar-refractivity contribution < 1.29 is 22.8 Å². The molecule has 0 aliphatic carbocycles. The van der Waals surface area contributed by atoms with E-state index in [0.717, 1.165) is 12.1 Å². The van der Waals surface area contributed by atoms with Crippen molar-refractivity contribution in [3.05, 3.63) is 70.8 Å². The van der Waals surface area contributed by atoms with Crippen molar-refractivity contribution in [3.8, 4) is 23.0 Å². The predicted molar refractivity (Wildman–Crippen MR) is 117 cm³/mol. The Morgan fingerprint density at radius 1 is 1.06 bits per heavy atom. The SMILES string of the molecule is COc1ccccc1-c1nnc2ccc(OCCNS(=O)(=O)c3ccc([N+](=O)[O-])cc3)nn12. The average Bonchev–Trinajstić information content (AvgIpc) is 3.25. The average molecular weight is 470 g/mol. The Kier molecular flexibility index (Phi) is 6.15. The van der Waals surface area contributed by atoms with Crippen molar-refractivity contribution in [1.82, 2.24) is 24.5 Å². The third kappa shape index (κ3) is 4.73. The Labute approximate surface area is 188 Å². The number of non-ortho nitro benzene ring substituents is 1. The minimum Gasteiger partial charge on any atom is -0.496 e. The molecule has 0 saturated carbocycles. The van der Waals surface area contributed by atoms with Crippen LogP contribution in [0.5, 0.6) is 11.6 Å². The number of hydrogen-bond donors (Lipinski definition) is 1. The number of ether oxygens (including phenoxy) is 2. The largest absolute Gasteiger partial charge is 0.496 e. The highest BCUT2D eigenvalue weighted by Gasteiger charge is 2.16.